The molecular formula is C4H5Br2NO2. The van der Waals surface area contributed by atoms with E-state index in [9.17, 15) is 4.79 Å². The Morgan fingerprint density at radius 3 is 2.33 bits per heavy atom. The summed E-state index contributed by atoms with van der Waals surface area (Å²) >= 11 is 5.50. The molecule has 9 heavy (non-hydrogen) atoms. The van der Waals surface area contributed by atoms with E-state index in [4.69, 9.17) is 10.5 Å². The molecule has 0 aliphatic rings. The van der Waals surface area contributed by atoms with Crippen LogP contribution in [-0.4, -0.2) is 26.9 Å². The van der Waals surface area contributed by atoms with Crippen molar-refractivity contribution in [3.8, 4) is 0 Å². The number of alkyl halides is 1. The highest BCUT2D eigenvalue weighted by molar-refractivity contribution is 9.20. The summed E-state index contributed by atoms with van der Waals surface area (Å²) in [6, 6.07) is 0. The number of aliphatic hydroxyl groups excluding tert-OH is 1. The Balaban J connectivity index is 3.86. The normalized spacial score (nSPS) is 16.3. The van der Waals surface area contributed by atoms with E-state index < -0.39 is 10.9 Å². The van der Waals surface area contributed by atoms with Crippen molar-refractivity contribution >= 4 is 42.8 Å². The van der Waals surface area contributed by atoms with Gasteiger partial charge in [-0.3, -0.25) is 4.79 Å². The molecule has 0 aromatic carbocycles. The first kappa shape index (κ1) is 9.26. The lowest BCUT2D eigenvalue weighted by Gasteiger charge is -2.05. The van der Waals surface area contributed by atoms with Gasteiger partial charge in [-0.15, -0.1) is 0 Å². The number of rotatable bonds is 3. The Bertz CT molecular complexity index is 128. The Labute approximate surface area is 69.2 Å². The zero-order chi connectivity index (χ0) is 7.44. The van der Waals surface area contributed by atoms with Crippen LogP contribution in [0.25, 0.3) is 0 Å². The van der Waals surface area contributed by atoms with Crippen LogP contribution in [0.3, 0.4) is 0 Å². The SMILES string of the molecule is N=CC(O)C(Br)C(=O)Br. The van der Waals surface area contributed by atoms with Gasteiger partial charge in [-0.25, -0.2) is 0 Å². The van der Waals surface area contributed by atoms with Gasteiger partial charge in [0.25, 0.3) is 0 Å². The van der Waals surface area contributed by atoms with Crippen molar-refractivity contribution in [3.63, 3.8) is 0 Å². The molecule has 0 fully saturated rings. The molecule has 0 heterocycles. The summed E-state index contributed by atoms with van der Waals surface area (Å²) in [6.07, 6.45) is -0.254. The van der Waals surface area contributed by atoms with Gasteiger partial charge in [0.15, 0.2) is 0 Å². The highest BCUT2D eigenvalue weighted by atomic mass is 79.9. The summed E-state index contributed by atoms with van der Waals surface area (Å²) in [5.41, 5.74) is 0. The first-order valence-corrected chi connectivity index (χ1v) is 3.82. The van der Waals surface area contributed by atoms with Crippen molar-refractivity contribution in [1.29, 1.82) is 5.41 Å². The third kappa shape index (κ3) is 3.07. The monoisotopic (exact) mass is 257 g/mol. The fourth-order valence-electron chi connectivity index (χ4n) is 0.219. The summed E-state index contributed by atoms with van der Waals surface area (Å²) in [7, 11) is 0. The maximum Gasteiger partial charge on any atom is 0.214 e. The molecule has 2 N–H and O–H groups in total. The lowest BCUT2D eigenvalue weighted by Crippen LogP contribution is -2.26. The van der Waals surface area contributed by atoms with E-state index in [0.29, 0.717) is 0 Å². The number of hydrogen-bond acceptors (Lipinski definition) is 3. The van der Waals surface area contributed by atoms with Gasteiger partial charge in [0.1, 0.15) is 10.9 Å². The summed E-state index contributed by atoms with van der Waals surface area (Å²) < 4.78 is -0.363. The molecule has 5 heteroatoms. The summed E-state index contributed by atoms with van der Waals surface area (Å²) in [5, 5.41) is 15.3. The first-order valence-electron chi connectivity index (χ1n) is 2.11. The van der Waals surface area contributed by atoms with Crippen molar-refractivity contribution in [2.75, 3.05) is 0 Å². The van der Waals surface area contributed by atoms with Crippen LogP contribution in [0.1, 0.15) is 0 Å². The molecule has 0 aliphatic heterocycles. The minimum absolute atomic E-state index is 0.363. The van der Waals surface area contributed by atoms with Crippen LogP contribution >= 0.6 is 31.9 Å². The molecule has 0 aliphatic carbocycles. The van der Waals surface area contributed by atoms with Crippen LogP contribution in [0.15, 0.2) is 0 Å². The standard InChI is InChI=1S/C4H5Br2NO2/c5-3(4(6)9)2(8)1-7/h1-3,7-8H. The summed E-state index contributed by atoms with van der Waals surface area (Å²) in [6.45, 7) is 0. The van der Waals surface area contributed by atoms with Crippen molar-refractivity contribution in [2.24, 2.45) is 0 Å². The van der Waals surface area contributed by atoms with E-state index in [-0.39, 0.29) is 4.69 Å². The van der Waals surface area contributed by atoms with Gasteiger partial charge >= 0.3 is 0 Å². The molecule has 0 spiro atoms. The van der Waals surface area contributed by atoms with E-state index in [1.807, 2.05) is 0 Å². The molecule has 3 nitrogen and oxygen atoms in total. The predicted octanol–water partition coefficient (Wildman–Crippen LogP) is 0.682. The van der Waals surface area contributed by atoms with Crippen LogP contribution in [0.2, 0.25) is 0 Å². The quantitative estimate of drug-likeness (QED) is 0.444. The molecule has 0 radical (unpaired) electrons. The molecule has 0 aromatic heterocycles. The van der Waals surface area contributed by atoms with Crippen LogP contribution < -0.4 is 0 Å². The smallest absolute Gasteiger partial charge is 0.214 e. The van der Waals surface area contributed by atoms with E-state index in [1.54, 1.807) is 0 Å². The van der Waals surface area contributed by atoms with E-state index in [1.165, 1.54) is 0 Å². The maximum absolute atomic E-state index is 10.4. The Hall–Kier alpha value is 0.260. The Morgan fingerprint density at radius 1 is 1.78 bits per heavy atom. The molecular weight excluding hydrogens is 254 g/mol. The fourth-order valence-corrected chi connectivity index (χ4v) is 0.642. The van der Waals surface area contributed by atoms with Gasteiger partial charge in [0, 0.05) is 6.21 Å². The van der Waals surface area contributed by atoms with Crippen LogP contribution in [0.5, 0.6) is 0 Å². The number of carbonyl (C=O) groups excluding carboxylic acids is 1. The van der Waals surface area contributed by atoms with E-state index in [2.05, 4.69) is 31.9 Å². The predicted molar refractivity (Wildman–Crippen MR) is 41.4 cm³/mol. The summed E-state index contributed by atoms with van der Waals surface area (Å²) in [4.78, 5) is 9.64. The molecule has 52 valence electrons. The molecule has 0 aromatic rings. The number of hydrogen-bond donors (Lipinski definition) is 2. The van der Waals surface area contributed by atoms with E-state index in [0.717, 1.165) is 6.21 Å². The second kappa shape index (κ2) is 4.14. The highest BCUT2D eigenvalue weighted by Crippen LogP contribution is 2.08. The average Bonchev–Trinajstić information content (AvgIpc) is 1.84. The second-order valence-electron chi connectivity index (χ2n) is 1.36. The topological polar surface area (TPSA) is 61.1 Å². The molecule has 2 unspecified atom stereocenters. The van der Waals surface area contributed by atoms with Crippen LogP contribution in [0.4, 0.5) is 0 Å². The molecule has 0 rings (SSSR count). The summed E-state index contributed by atoms with van der Waals surface area (Å²) in [5.74, 6) is 0. The fraction of sp³-hybridized carbons (Fsp3) is 0.500. The third-order valence-corrected chi connectivity index (χ3v) is 2.75. The van der Waals surface area contributed by atoms with Crippen molar-refractivity contribution < 1.29 is 9.90 Å². The maximum atomic E-state index is 10.4. The van der Waals surface area contributed by atoms with Gasteiger partial charge in [-0.2, -0.15) is 0 Å². The minimum Gasteiger partial charge on any atom is -0.386 e. The first-order chi connectivity index (χ1) is 4.09. The minimum atomic E-state index is -1.04. The lowest BCUT2D eigenvalue weighted by molar-refractivity contribution is -0.110. The Kier molecular flexibility index (Phi) is 4.26. The van der Waals surface area contributed by atoms with Gasteiger partial charge in [-0.1, -0.05) is 15.9 Å². The molecule has 0 bridgehead atoms. The molecule has 0 saturated carbocycles. The van der Waals surface area contributed by atoms with Crippen LogP contribution in [0, 0.1) is 5.41 Å². The molecule has 0 saturated heterocycles. The lowest BCUT2D eigenvalue weighted by atomic mass is 10.3. The Morgan fingerprint density at radius 2 is 2.22 bits per heavy atom. The zero-order valence-corrected chi connectivity index (χ0v) is 7.52. The zero-order valence-electron chi connectivity index (χ0n) is 4.34. The van der Waals surface area contributed by atoms with Crippen molar-refractivity contribution in [3.05, 3.63) is 0 Å². The van der Waals surface area contributed by atoms with Gasteiger partial charge in [-0.05, 0) is 15.9 Å². The third-order valence-electron chi connectivity index (χ3n) is 0.687. The molecule has 2 atom stereocenters. The van der Waals surface area contributed by atoms with Crippen LogP contribution in [-0.2, 0) is 4.79 Å². The van der Waals surface area contributed by atoms with Gasteiger partial charge in [0.2, 0.25) is 4.69 Å². The van der Waals surface area contributed by atoms with Crippen molar-refractivity contribution in [1.82, 2.24) is 0 Å². The largest absolute Gasteiger partial charge is 0.386 e. The number of halogens is 2. The number of aliphatic hydroxyl groups is 1. The average molecular weight is 259 g/mol. The molecule has 0 amide bonds. The highest BCUT2D eigenvalue weighted by Gasteiger charge is 2.18. The van der Waals surface area contributed by atoms with Crippen molar-refractivity contribution in [2.45, 2.75) is 10.9 Å². The second-order valence-corrected chi connectivity index (χ2v) is 3.13. The van der Waals surface area contributed by atoms with Gasteiger partial charge in [0.05, 0.1) is 0 Å². The number of carbonyl (C=O) groups is 1. The van der Waals surface area contributed by atoms with Gasteiger partial charge < -0.3 is 10.5 Å². The number of nitrogens with one attached hydrogen (secondary N) is 1. The van der Waals surface area contributed by atoms with E-state index >= 15 is 0 Å².